The predicted octanol–water partition coefficient (Wildman–Crippen LogP) is 2.04. The predicted molar refractivity (Wildman–Crippen MR) is 67.9 cm³/mol. The molecule has 0 spiro atoms. The van der Waals surface area contributed by atoms with Crippen LogP contribution in [-0.4, -0.2) is 19.6 Å². The van der Waals surface area contributed by atoms with Gasteiger partial charge >= 0.3 is 0 Å². The van der Waals surface area contributed by atoms with Crippen molar-refractivity contribution in [3.05, 3.63) is 29.7 Å². The van der Waals surface area contributed by atoms with Crippen molar-refractivity contribution in [3.63, 3.8) is 0 Å². The highest BCUT2D eigenvalue weighted by molar-refractivity contribution is 5.37. The third kappa shape index (κ3) is 2.49. The molecule has 0 unspecified atom stereocenters. The Hall–Kier alpha value is -1.78. The summed E-state index contributed by atoms with van der Waals surface area (Å²) in [6, 6.07) is 4.10. The summed E-state index contributed by atoms with van der Waals surface area (Å²) in [5.74, 6) is 1.06. The van der Waals surface area contributed by atoms with Crippen LogP contribution in [0, 0.1) is 6.92 Å². The van der Waals surface area contributed by atoms with Crippen LogP contribution in [0.1, 0.15) is 25.2 Å². The van der Waals surface area contributed by atoms with Gasteiger partial charge in [-0.15, -0.1) is 0 Å². The molecule has 0 aromatic carbocycles. The van der Waals surface area contributed by atoms with Crippen molar-refractivity contribution in [2.45, 2.75) is 40.4 Å². The molecule has 0 bridgehead atoms. The zero-order chi connectivity index (χ0) is 12.3. The second-order valence-corrected chi connectivity index (χ2v) is 3.98. The van der Waals surface area contributed by atoms with E-state index >= 15 is 0 Å². The van der Waals surface area contributed by atoms with Crippen molar-refractivity contribution in [2.24, 2.45) is 0 Å². The smallest absolute Gasteiger partial charge is 0.124 e. The molecule has 92 valence electrons. The molecular formula is C12H19N5. The molecule has 0 saturated heterocycles. The van der Waals surface area contributed by atoms with Crippen LogP contribution < -0.4 is 5.32 Å². The van der Waals surface area contributed by atoms with E-state index in [1.165, 1.54) is 5.69 Å². The Morgan fingerprint density at radius 2 is 2.00 bits per heavy atom. The Labute approximate surface area is 101 Å². The highest BCUT2D eigenvalue weighted by Gasteiger charge is 2.05. The fourth-order valence-electron chi connectivity index (χ4n) is 1.90. The van der Waals surface area contributed by atoms with E-state index in [9.17, 15) is 0 Å². The van der Waals surface area contributed by atoms with E-state index in [4.69, 9.17) is 0 Å². The van der Waals surface area contributed by atoms with E-state index in [1.807, 2.05) is 28.6 Å². The van der Waals surface area contributed by atoms with Gasteiger partial charge in [-0.3, -0.25) is 4.68 Å². The van der Waals surface area contributed by atoms with Crippen molar-refractivity contribution >= 4 is 5.82 Å². The number of rotatable bonds is 5. The summed E-state index contributed by atoms with van der Waals surface area (Å²) in [6.45, 7) is 8.75. The average Bonchev–Trinajstić information content (AvgIpc) is 2.91. The summed E-state index contributed by atoms with van der Waals surface area (Å²) in [5, 5.41) is 12.1. The van der Waals surface area contributed by atoms with E-state index in [0.717, 1.165) is 31.1 Å². The first-order chi connectivity index (χ1) is 8.24. The van der Waals surface area contributed by atoms with Gasteiger partial charge < -0.3 is 5.32 Å². The fourth-order valence-corrected chi connectivity index (χ4v) is 1.90. The zero-order valence-corrected chi connectivity index (χ0v) is 10.6. The molecule has 0 aliphatic carbocycles. The number of hydrogen-bond donors (Lipinski definition) is 1. The quantitative estimate of drug-likeness (QED) is 0.859. The second-order valence-electron chi connectivity index (χ2n) is 3.98. The Morgan fingerprint density at radius 3 is 2.71 bits per heavy atom. The first-order valence-electron chi connectivity index (χ1n) is 6.03. The Morgan fingerprint density at radius 1 is 1.24 bits per heavy atom. The SMILES string of the molecule is CCn1nccc1CNc1cc(C)nn1CC. The molecule has 2 rings (SSSR count). The largest absolute Gasteiger partial charge is 0.365 e. The van der Waals surface area contributed by atoms with Crippen LogP contribution in [0.5, 0.6) is 0 Å². The first-order valence-corrected chi connectivity index (χ1v) is 6.03. The van der Waals surface area contributed by atoms with Crippen LogP contribution in [0.4, 0.5) is 5.82 Å². The molecule has 5 nitrogen and oxygen atoms in total. The zero-order valence-electron chi connectivity index (χ0n) is 10.6. The molecule has 0 fully saturated rings. The van der Waals surface area contributed by atoms with Crippen LogP contribution in [0.15, 0.2) is 18.3 Å². The molecule has 17 heavy (non-hydrogen) atoms. The van der Waals surface area contributed by atoms with Crippen LogP contribution in [0.3, 0.4) is 0 Å². The van der Waals surface area contributed by atoms with Crippen LogP contribution in [-0.2, 0) is 19.6 Å². The van der Waals surface area contributed by atoms with Crippen LogP contribution >= 0.6 is 0 Å². The molecular weight excluding hydrogens is 214 g/mol. The Balaban J connectivity index is 2.06. The van der Waals surface area contributed by atoms with Gasteiger partial charge in [-0.1, -0.05) is 0 Å². The van der Waals surface area contributed by atoms with E-state index in [0.29, 0.717) is 0 Å². The monoisotopic (exact) mass is 233 g/mol. The van der Waals surface area contributed by atoms with Crippen molar-refractivity contribution in [3.8, 4) is 0 Å². The Bertz CT molecular complexity index is 483. The number of nitrogens with zero attached hydrogens (tertiary/aromatic N) is 4. The molecule has 0 aliphatic rings. The molecule has 0 saturated carbocycles. The minimum atomic E-state index is 0.777. The van der Waals surface area contributed by atoms with Gasteiger partial charge in [0.1, 0.15) is 5.82 Å². The minimum Gasteiger partial charge on any atom is -0.365 e. The van der Waals surface area contributed by atoms with Gasteiger partial charge in [0.05, 0.1) is 17.9 Å². The maximum absolute atomic E-state index is 4.40. The lowest BCUT2D eigenvalue weighted by molar-refractivity contribution is 0.622. The molecule has 0 aliphatic heterocycles. The number of aryl methyl sites for hydroxylation is 3. The van der Waals surface area contributed by atoms with Crippen LogP contribution in [0.2, 0.25) is 0 Å². The normalized spacial score (nSPS) is 10.8. The lowest BCUT2D eigenvalue weighted by Crippen LogP contribution is -2.10. The van der Waals surface area contributed by atoms with Gasteiger partial charge in [0, 0.05) is 25.4 Å². The lowest BCUT2D eigenvalue weighted by atomic mass is 10.4. The highest BCUT2D eigenvalue weighted by Crippen LogP contribution is 2.11. The third-order valence-corrected chi connectivity index (χ3v) is 2.76. The summed E-state index contributed by atoms with van der Waals surface area (Å²) in [7, 11) is 0. The van der Waals surface area contributed by atoms with Crippen molar-refractivity contribution in [2.75, 3.05) is 5.32 Å². The van der Waals surface area contributed by atoms with E-state index < -0.39 is 0 Å². The summed E-state index contributed by atoms with van der Waals surface area (Å²) < 4.78 is 3.97. The average molecular weight is 233 g/mol. The molecule has 2 aromatic heterocycles. The summed E-state index contributed by atoms with van der Waals surface area (Å²) in [5.41, 5.74) is 2.23. The molecule has 0 amide bonds. The second kappa shape index (κ2) is 5.03. The molecule has 5 heteroatoms. The van der Waals surface area contributed by atoms with Crippen molar-refractivity contribution < 1.29 is 0 Å². The highest BCUT2D eigenvalue weighted by atomic mass is 15.3. The van der Waals surface area contributed by atoms with E-state index in [-0.39, 0.29) is 0 Å². The van der Waals surface area contributed by atoms with Gasteiger partial charge in [-0.2, -0.15) is 10.2 Å². The maximum atomic E-state index is 4.40. The molecule has 0 radical (unpaired) electrons. The standard InChI is InChI=1S/C12H19N5/c1-4-16-11(6-7-14-16)9-13-12-8-10(3)15-17(12)5-2/h6-8,13H,4-5,9H2,1-3H3. The van der Waals surface area contributed by atoms with Crippen LogP contribution in [0.25, 0.3) is 0 Å². The summed E-state index contributed by atoms with van der Waals surface area (Å²) >= 11 is 0. The number of hydrogen-bond acceptors (Lipinski definition) is 3. The van der Waals surface area contributed by atoms with Gasteiger partial charge in [0.15, 0.2) is 0 Å². The van der Waals surface area contributed by atoms with Gasteiger partial charge in [-0.05, 0) is 26.8 Å². The van der Waals surface area contributed by atoms with Gasteiger partial charge in [0.25, 0.3) is 0 Å². The molecule has 2 heterocycles. The summed E-state index contributed by atoms with van der Waals surface area (Å²) in [6.07, 6.45) is 1.84. The first kappa shape index (κ1) is 11.7. The van der Waals surface area contributed by atoms with Crippen molar-refractivity contribution in [1.82, 2.24) is 19.6 Å². The van der Waals surface area contributed by atoms with E-state index in [1.54, 1.807) is 0 Å². The van der Waals surface area contributed by atoms with Crippen molar-refractivity contribution in [1.29, 1.82) is 0 Å². The number of aromatic nitrogens is 4. The number of nitrogens with one attached hydrogen (secondary N) is 1. The lowest BCUT2D eigenvalue weighted by Gasteiger charge is -2.09. The fraction of sp³-hybridized carbons (Fsp3) is 0.500. The van der Waals surface area contributed by atoms with Gasteiger partial charge in [0.2, 0.25) is 0 Å². The number of anilines is 1. The minimum absolute atomic E-state index is 0.777. The van der Waals surface area contributed by atoms with Gasteiger partial charge in [-0.25, -0.2) is 4.68 Å². The maximum Gasteiger partial charge on any atom is 0.124 e. The Kier molecular flexibility index (Phi) is 3.46. The molecule has 1 N–H and O–H groups in total. The molecule has 0 atom stereocenters. The molecule has 2 aromatic rings. The third-order valence-electron chi connectivity index (χ3n) is 2.76. The van der Waals surface area contributed by atoms with E-state index in [2.05, 4.69) is 35.4 Å². The summed E-state index contributed by atoms with van der Waals surface area (Å²) in [4.78, 5) is 0. The topological polar surface area (TPSA) is 47.7 Å².